The molecule has 2 amide bonds. The van der Waals surface area contributed by atoms with Gasteiger partial charge in [-0.1, -0.05) is 31.0 Å². The van der Waals surface area contributed by atoms with E-state index in [0.29, 0.717) is 24.8 Å². The Morgan fingerprint density at radius 3 is 2.77 bits per heavy atom. The van der Waals surface area contributed by atoms with E-state index in [2.05, 4.69) is 15.5 Å². The molecule has 0 unspecified atom stereocenters. The molecule has 1 aromatic rings. The van der Waals surface area contributed by atoms with Crippen molar-refractivity contribution in [1.82, 2.24) is 25.0 Å². The minimum Gasteiger partial charge on any atom is -0.353 e. The summed E-state index contributed by atoms with van der Waals surface area (Å²) in [5, 5.41) is 12.4. The molecule has 2 heterocycles. The zero-order valence-electron chi connectivity index (χ0n) is 15.6. The van der Waals surface area contributed by atoms with E-state index in [1.165, 1.54) is 24.6 Å². The second-order valence-corrected chi connectivity index (χ2v) is 8.05. The first kappa shape index (κ1) is 19.2. The average Bonchev–Trinajstić information content (AvgIpc) is 3.22. The minimum atomic E-state index is 0.0665. The molecule has 1 aliphatic carbocycles. The Bertz CT molecular complexity index is 627. The van der Waals surface area contributed by atoms with Gasteiger partial charge in [-0.2, -0.15) is 0 Å². The van der Waals surface area contributed by atoms with E-state index in [9.17, 15) is 9.59 Å². The van der Waals surface area contributed by atoms with Crippen molar-refractivity contribution in [2.24, 2.45) is 0 Å². The Balaban J connectivity index is 1.56. The number of aromatic nitrogens is 3. The van der Waals surface area contributed by atoms with Crippen LogP contribution in [0.25, 0.3) is 0 Å². The lowest BCUT2D eigenvalue weighted by atomic mass is 10.2. The number of hydrogen-bond acceptors (Lipinski definition) is 5. The van der Waals surface area contributed by atoms with Crippen LogP contribution in [-0.2, 0) is 22.7 Å². The van der Waals surface area contributed by atoms with Crippen LogP contribution >= 0.6 is 11.8 Å². The van der Waals surface area contributed by atoms with Crippen LogP contribution in [0.3, 0.4) is 0 Å². The van der Waals surface area contributed by atoms with Crippen molar-refractivity contribution < 1.29 is 9.59 Å². The van der Waals surface area contributed by atoms with Gasteiger partial charge in [0.15, 0.2) is 11.0 Å². The molecule has 3 rings (SSSR count). The summed E-state index contributed by atoms with van der Waals surface area (Å²) in [6, 6.07) is 0.344. The molecule has 0 bridgehead atoms. The van der Waals surface area contributed by atoms with Gasteiger partial charge in [0.25, 0.3) is 0 Å². The fourth-order valence-corrected chi connectivity index (χ4v) is 4.54. The van der Waals surface area contributed by atoms with Crippen LogP contribution in [0.5, 0.6) is 0 Å². The molecule has 7 nitrogen and oxygen atoms in total. The summed E-state index contributed by atoms with van der Waals surface area (Å²) in [5.74, 6) is 1.44. The predicted molar refractivity (Wildman–Crippen MR) is 101 cm³/mol. The summed E-state index contributed by atoms with van der Waals surface area (Å²) in [7, 11) is 0. The molecule has 1 aliphatic heterocycles. The number of likely N-dealkylation sites (tertiary alicyclic amines) is 1. The van der Waals surface area contributed by atoms with Crippen molar-refractivity contribution in [1.29, 1.82) is 0 Å². The smallest absolute Gasteiger partial charge is 0.230 e. The molecule has 26 heavy (non-hydrogen) atoms. The van der Waals surface area contributed by atoms with Crippen molar-refractivity contribution in [3.63, 3.8) is 0 Å². The Hall–Kier alpha value is -1.57. The van der Waals surface area contributed by atoms with Crippen molar-refractivity contribution in [2.75, 3.05) is 12.3 Å². The molecular weight excluding hydrogens is 350 g/mol. The van der Waals surface area contributed by atoms with Gasteiger partial charge in [-0.25, -0.2) is 0 Å². The lowest BCUT2D eigenvalue weighted by molar-refractivity contribution is -0.131. The zero-order valence-corrected chi connectivity index (χ0v) is 16.4. The maximum Gasteiger partial charge on any atom is 0.230 e. The summed E-state index contributed by atoms with van der Waals surface area (Å²) in [6.07, 6.45) is 8.37. The third kappa shape index (κ3) is 4.99. The van der Waals surface area contributed by atoms with Crippen LogP contribution in [0.15, 0.2) is 5.16 Å². The highest BCUT2D eigenvalue weighted by atomic mass is 32.2. The van der Waals surface area contributed by atoms with Gasteiger partial charge in [-0.05, 0) is 32.6 Å². The second kappa shape index (κ2) is 9.39. The van der Waals surface area contributed by atoms with E-state index in [-0.39, 0.29) is 11.8 Å². The van der Waals surface area contributed by atoms with Gasteiger partial charge in [0.05, 0.1) is 12.3 Å². The third-order valence-corrected chi connectivity index (χ3v) is 6.13. The highest BCUT2D eigenvalue weighted by molar-refractivity contribution is 7.99. The summed E-state index contributed by atoms with van der Waals surface area (Å²) >= 11 is 1.42. The van der Waals surface area contributed by atoms with Crippen molar-refractivity contribution in [2.45, 2.75) is 82.6 Å². The van der Waals surface area contributed by atoms with Crippen LogP contribution in [0, 0.1) is 0 Å². The quantitative estimate of drug-likeness (QED) is 0.736. The number of nitrogens with zero attached hydrogens (tertiary/aromatic N) is 4. The zero-order chi connectivity index (χ0) is 18.4. The van der Waals surface area contributed by atoms with Gasteiger partial charge in [0.2, 0.25) is 11.8 Å². The topological polar surface area (TPSA) is 80.1 Å². The first-order valence-corrected chi connectivity index (χ1v) is 10.8. The van der Waals surface area contributed by atoms with Crippen LogP contribution in [0.1, 0.15) is 64.1 Å². The second-order valence-electron chi connectivity index (χ2n) is 7.11. The van der Waals surface area contributed by atoms with E-state index in [4.69, 9.17) is 0 Å². The molecule has 0 spiro atoms. The standard InChI is InChI=1S/C18H29N5O2S/c1-2-23-15(12-22-11-7-3-4-10-17(22)25)20-21-18(23)26-13-16(24)19-14-8-5-6-9-14/h14H,2-13H2,1H3,(H,19,24). The first-order chi connectivity index (χ1) is 12.7. The lowest BCUT2D eigenvalue weighted by Crippen LogP contribution is -2.33. The molecule has 8 heteroatoms. The Morgan fingerprint density at radius 1 is 1.19 bits per heavy atom. The summed E-state index contributed by atoms with van der Waals surface area (Å²) < 4.78 is 2.02. The fraction of sp³-hybridized carbons (Fsp3) is 0.778. The molecule has 1 aromatic heterocycles. The van der Waals surface area contributed by atoms with Gasteiger partial charge in [-0.15, -0.1) is 10.2 Å². The molecule has 144 valence electrons. The molecule has 0 atom stereocenters. The minimum absolute atomic E-state index is 0.0665. The molecule has 0 radical (unpaired) electrons. The van der Waals surface area contributed by atoms with Crippen molar-refractivity contribution in [3.8, 4) is 0 Å². The largest absolute Gasteiger partial charge is 0.353 e. The molecule has 2 fully saturated rings. The van der Waals surface area contributed by atoms with E-state index in [1.807, 2.05) is 16.4 Å². The molecule has 0 aromatic carbocycles. The van der Waals surface area contributed by atoms with Crippen LogP contribution in [0.4, 0.5) is 0 Å². The molecule has 1 saturated carbocycles. The predicted octanol–water partition coefficient (Wildman–Crippen LogP) is 2.35. The molecular formula is C18H29N5O2S. The maximum atomic E-state index is 12.2. The number of hydrogen-bond donors (Lipinski definition) is 1. The van der Waals surface area contributed by atoms with Gasteiger partial charge in [-0.3, -0.25) is 9.59 Å². The first-order valence-electron chi connectivity index (χ1n) is 9.79. The SMILES string of the molecule is CCn1c(CN2CCCCCC2=O)nnc1SCC(=O)NC1CCCC1. The van der Waals surface area contributed by atoms with Gasteiger partial charge >= 0.3 is 0 Å². The van der Waals surface area contributed by atoms with Gasteiger partial charge in [0, 0.05) is 25.6 Å². The van der Waals surface area contributed by atoms with E-state index >= 15 is 0 Å². The highest BCUT2D eigenvalue weighted by Gasteiger charge is 2.21. The summed E-state index contributed by atoms with van der Waals surface area (Å²) in [5.41, 5.74) is 0. The van der Waals surface area contributed by atoms with Crippen molar-refractivity contribution in [3.05, 3.63) is 5.82 Å². The normalized spacial score (nSPS) is 19.0. The molecule has 1 N–H and O–H groups in total. The van der Waals surface area contributed by atoms with Gasteiger partial charge in [0.1, 0.15) is 0 Å². The number of nitrogens with one attached hydrogen (secondary N) is 1. The third-order valence-electron chi connectivity index (χ3n) is 5.17. The van der Waals surface area contributed by atoms with E-state index in [1.54, 1.807) is 0 Å². The van der Waals surface area contributed by atoms with Crippen molar-refractivity contribution >= 4 is 23.6 Å². The monoisotopic (exact) mass is 379 g/mol. The number of rotatable bonds is 7. The summed E-state index contributed by atoms with van der Waals surface area (Å²) in [6.45, 7) is 4.08. The van der Waals surface area contributed by atoms with Crippen LogP contribution in [0.2, 0.25) is 0 Å². The number of carbonyl (C=O) groups excluding carboxylic acids is 2. The molecule has 2 aliphatic rings. The van der Waals surface area contributed by atoms with Gasteiger partial charge < -0.3 is 14.8 Å². The van der Waals surface area contributed by atoms with Crippen LogP contribution < -0.4 is 5.32 Å². The average molecular weight is 380 g/mol. The van der Waals surface area contributed by atoms with E-state index < -0.39 is 0 Å². The Kier molecular flexibility index (Phi) is 6.93. The highest BCUT2D eigenvalue weighted by Crippen LogP contribution is 2.21. The number of carbonyl (C=O) groups is 2. The number of amides is 2. The molecule has 1 saturated heterocycles. The fourth-order valence-electron chi connectivity index (χ4n) is 3.71. The maximum absolute atomic E-state index is 12.2. The van der Waals surface area contributed by atoms with E-state index in [0.717, 1.165) is 56.2 Å². The lowest BCUT2D eigenvalue weighted by Gasteiger charge is -2.20. The Labute approximate surface area is 159 Å². The summed E-state index contributed by atoms with van der Waals surface area (Å²) in [4.78, 5) is 26.2. The number of thioether (sulfide) groups is 1. The van der Waals surface area contributed by atoms with Crippen LogP contribution in [-0.4, -0.2) is 49.8 Å². The Morgan fingerprint density at radius 2 is 2.00 bits per heavy atom.